The summed E-state index contributed by atoms with van der Waals surface area (Å²) in [4.78, 5) is 63.8. The number of hydrogen-bond donors (Lipinski definition) is 1. The van der Waals surface area contributed by atoms with Crippen LogP contribution in [0, 0.1) is 11.2 Å². The maximum atomic E-state index is 14.3. The number of imidazole rings is 1. The Kier molecular flexibility index (Phi) is 12.7. The highest BCUT2D eigenvalue weighted by Gasteiger charge is 2.41. The van der Waals surface area contributed by atoms with Gasteiger partial charge in [0.2, 0.25) is 11.8 Å². The molecule has 0 bridgehead atoms. The molecule has 3 atom stereocenters. The summed E-state index contributed by atoms with van der Waals surface area (Å²) in [5.74, 6) is -1.22. The first-order chi connectivity index (χ1) is 23.4. The third-order valence-electron chi connectivity index (χ3n) is 9.82. The molecule has 12 heteroatoms. The van der Waals surface area contributed by atoms with Crippen molar-refractivity contribution in [3.8, 4) is 0 Å². The minimum absolute atomic E-state index is 0.208. The highest BCUT2D eigenvalue weighted by atomic mass is 19.1. The predicted octanol–water partition coefficient (Wildman–Crippen LogP) is 5.99. The molecule has 1 saturated heterocycles. The number of likely N-dealkylation sites (tertiary alicyclic amines) is 1. The number of hydrogen-bond acceptors (Lipinski definition) is 6. The fraction of sp³-hybridized carbons (Fsp3) is 0.658. The molecule has 1 aliphatic carbocycles. The molecule has 4 rings (SSSR count). The normalized spacial score (nSPS) is 18.3. The van der Waals surface area contributed by atoms with E-state index in [0.717, 1.165) is 37.7 Å². The van der Waals surface area contributed by atoms with E-state index < -0.39 is 35.1 Å². The summed E-state index contributed by atoms with van der Waals surface area (Å²) in [7, 11) is 1.50. The van der Waals surface area contributed by atoms with Crippen molar-refractivity contribution in [3.05, 3.63) is 53.9 Å². The van der Waals surface area contributed by atoms with Gasteiger partial charge in [0.05, 0.1) is 6.33 Å². The summed E-state index contributed by atoms with van der Waals surface area (Å²) < 4.78 is 21.1. The van der Waals surface area contributed by atoms with Crippen LogP contribution in [0.25, 0.3) is 0 Å². The number of halogens is 1. The lowest BCUT2D eigenvalue weighted by Crippen LogP contribution is -2.59. The smallest absolute Gasteiger partial charge is 0.410 e. The van der Waals surface area contributed by atoms with Crippen LogP contribution in [-0.2, 0) is 20.7 Å². The number of aromatic nitrogens is 2. The van der Waals surface area contributed by atoms with Gasteiger partial charge in [0.1, 0.15) is 29.2 Å². The van der Waals surface area contributed by atoms with Gasteiger partial charge in [-0.1, -0.05) is 52.2 Å². The number of carbonyl (C=O) groups excluding carboxylic acids is 4. The maximum Gasteiger partial charge on any atom is 0.410 e. The van der Waals surface area contributed by atoms with Crippen LogP contribution in [0.15, 0.2) is 36.8 Å². The van der Waals surface area contributed by atoms with Gasteiger partial charge in [0.15, 0.2) is 0 Å². The lowest BCUT2D eigenvalue weighted by atomic mass is 9.85. The number of nitrogens with one attached hydrogen (secondary N) is 1. The van der Waals surface area contributed by atoms with Crippen LogP contribution in [0.5, 0.6) is 0 Å². The molecule has 1 N–H and O–H groups in total. The van der Waals surface area contributed by atoms with Gasteiger partial charge in [-0.2, -0.15) is 0 Å². The van der Waals surface area contributed by atoms with Gasteiger partial charge in [0.25, 0.3) is 5.91 Å². The van der Waals surface area contributed by atoms with Gasteiger partial charge in [-0.25, -0.2) is 14.2 Å². The SMILES string of the molecule is CC(C(=O)NC(C(=O)N1CCCC1CN(CCc1ccc(F)cc1)C(=O)c1cn(C2CCCCC2)cn1)C(C)(C)C)N(C)C(=O)OC(C)(C)C. The molecule has 0 radical (unpaired) electrons. The van der Waals surface area contributed by atoms with Crippen molar-refractivity contribution in [2.75, 3.05) is 26.7 Å². The second-order valence-electron chi connectivity index (χ2n) is 16.0. The van der Waals surface area contributed by atoms with Crippen LogP contribution in [0.3, 0.4) is 0 Å². The molecule has 0 spiro atoms. The number of carbonyl (C=O) groups is 4. The number of likely N-dealkylation sites (N-methyl/N-ethyl adjacent to an activating group) is 1. The zero-order valence-electron chi connectivity index (χ0n) is 31.2. The number of benzene rings is 1. The molecule has 1 aliphatic heterocycles. The lowest BCUT2D eigenvalue weighted by molar-refractivity contribution is -0.141. The second-order valence-corrected chi connectivity index (χ2v) is 16.0. The molecule has 2 fully saturated rings. The van der Waals surface area contributed by atoms with Crippen LogP contribution in [0.1, 0.15) is 116 Å². The van der Waals surface area contributed by atoms with E-state index >= 15 is 0 Å². The molecule has 4 amide bonds. The van der Waals surface area contributed by atoms with Crippen molar-refractivity contribution in [2.45, 2.75) is 130 Å². The minimum atomic E-state index is -0.884. The monoisotopic (exact) mass is 696 g/mol. The van der Waals surface area contributed by atoms with Gasteiger partial charge >= 0.3 is 6.09 Å². The third-order valence-corrected chi connectivity index (χ3v) is 9.82. The van der Waals surface area contributed by atoms with Crippen LogP contribution in [0.2, 0.25) is 0 Å². The Labute approximate surface area is 296 Å². The Balaban J connectivity index is 1.51. The minimum Gasteiger partial charge on any atom is -0.444 e. The summed E-state index contributed by atoms with van der Waals surface area (Å²) in [6.07, 6.45) is 10.6. The fourth-order valence-electron chi connectivity index (χ4n) is 6.69. The Morgan fingerprint density at radius 2 is 1.66 bits per heavy atom. The van der Waals surface area contributed by atoms with Gasteiger partial charge in [-0.15, -0.1) is 0 Å². The molecule has 3 unspecified atom stereocenters. The number of rotatable bonds is 11. The molecule has 1 aromatic heterocycles. The van der Waals surface area contributed by atoms with Crippen molar-refractivity contribution in [1.29, 1.82) is 0 Å². The average Bonchev–Trinajstić information content (AvgIpc) is 3.74. The van der Waals surface area contributed by atoms with Gasteiger partial charge < -0.3 is 24.4 Å². The molecule has 1 aromatic carbocycles. The second kappa shape index (κ2) is 16.4. The highest BCUT2D eigenvalue weighted by Crippen LogP contribution is 2.29. The lowest BCUT2D eigenvalue weighted by Gasteiger charge is -2.38. The van der Waals surface area contributed by atoms with E-state index in [2.05, 4.69) is 14.9 Å². The van der Waals surface area contributed by atoms with E-state index in [1.165, 1.54) is 30.5 Å². The van der Waals surface area contributed by atoms with Crippen molar-refractivity contribution >= 4 is 23.8 Å². The number of ether oxygens (including phenoxy) is 1. The molecule has 2 aromatic rings. The van der Waals surface area contributed by atoms with Gasteiger partial charge in [-0.05, 0) is 82.9 Å². The molecular weight excluding hydrogens is 639 g/mol. The average molecular weight is 697 g/mol. The Hall–Kier alpha value is -3.96. The number of nitrogens with zero attached hydrogens (tertiary/aromatic N) is 5. The quantitative estimate of drug-likeness (QED) is 0.309. The Morgan fingerprint density at radius 1 is 1.00 bits per heavy atom. The summed E-state index contributed by atoms with van der Waals surface area (Å²) in [6, 6.07) is 4.57. The van der Waals surface area contributed by atoms with E-state index in [1.54, 1.807) is 56.0 Å². The highest BCUT2D eigenvalue weighted by molar-refractivity contribution is 5.93. The van der Waals surface area contributed by atoms with Crippen LogP contribution < -0.4 is 5.32 Å². The predicted molar refractivity (Wildman–Crippen MR) is 190 cm³/mol. The van der Waals surface area contributed by atoms with E-state index in [-0.39, 0.29) is 23.7 Å². The van der Waals surface area contributed by atoms with Crippen LogP contribution in [-0.4, -0.2) is 98.5 Å². The van der Waals surface area contributed by atoms with Gasteiger partial charge in [-0.3, -0.25) is 19.3 Å². The molecule has 2 heterocycles. The standard InChI is InChI=1S/C38H57FN6O5/c1-26(42(8)36(49)50-38(5,6)7)33(46)41-32(37(2,3)4)35(48)45-21-12-15-30(45)23-43(22-20-27-16-18-28(39)19-17-27)34(47)31-24-44(25-40-31)29-13-10-9-11-14-29/h16-19,24-26,29-30,32H,9-15,20-23H2,1-8H3,(H,41,46). The van der Waals surface area contributed by atoms with Crippen LogP contribution in [0.4, 0.5) is 9.18 Å². The van der Waals surface area contributed by atoms with Crippen LogP contribution >= 0.6 is 0 Å². The van der Waals surface area contributed by atoms with Crippen molar-refractivity contribution in [3.63, 3.8) is 0 Å². The van der Waals surface area contributed by atoms with Crippen molar-refractivity contribution < 1.29 is 28.3 Å². The first kappa shape index (κ1) is 38.8. The maximum absolute atomic E-state index is 14.3. The first-order valence-corrected chi connectivity index (χ1v) is 18.1. The largest absolute Gasteiger partial charge is 0.444 e. The zero-order valence-corrected chi connectivity index (χ0v) is 31.2. The van der Waals surface area contributed by atoms with E-state index in [9.17, 15) is 23.6 Å². The fourth-order valence-corrected chi connectivity index (χ4v) is 6.69. The van der Waals surface area contributed by atoms with E-state index in [0.29, 0.717) is 44.2 Å². The summed E-state index contributed by atoms with van der Waals surface area (Å²) in [5.41, 5.74) is -0.0978. The van der Waals surface area contributed by atoms with Crippen molar-refractivity contribution in [2.24, 2.45) is 5.41 Å². The molecule has 276 valence electrons. The summed E-state index contributed by atoms with van der Waals surface area (Å²) in [6.45, 7) is 13.7. The molecule has 11 nitrogen and oxygen atoms in total. The molecule has 50 heavy (non-hydrogen) atoms. The first-order valence-electron chi connectivity index (χ1n) is 18.1. The summed E-state index contributed by atoms with van der Waals surface area (Å²) in [5, 5.41) is 2.94. The summed E-state index contributed by atoms with van der Waals surface area (Å²) >= 11 is 0. The number of amides is 4. The molecular formula is C38H57FN6O5. The van der Waals surface area contributed by atoms with E-state index in [4.69, 9.17) is 4.74 Å². The molecule has 2 aliphatic rings. The Bertz CT molecular complexity index is 1470. The molecule has 1 saturated carbocycles. The Morgan fingerprint density at radius 3 is 2.28 bits per heavy atom. The van der Waals surface area contributed by atoms with Gasteiger partial charge in [0, 0.05) is 45.0 Å². The third kappa shape index (κ3) is 10.3. The van der Waals surface area contributed by atoms with Crippen molar-refractivity contribution in [1.82, 2.24) is 29.6 Å². The van der Waals surface area contributed by atoms with E-state index in [1.807, 2.05) is 27.0 Å². The zero-order chi connectivity index (χ0) is 36.8. The topological polar surface area (TPSA) is 117 Å².